The SMILES string of the molecule is Cc1ccc2nc(SC(C)C(=O)Nc3ccc4[nH]c(=O)[nH]c4c3)[nH]c2c1. The Hall–Kier alpha value is -3.00. The lowest BCUT2D eigenvalue weighted by Crippen LogP contribution is -2.22. The molecule has 1 unspecified atom stereocenters. The molecule has 4 N–H and O–H groups in total. The molecular formula is C18H17N5O2S. The number of benzene rings is 2. The normalized spacial score (nSPS) is 12.5. The largest absolute Gasteiger partial charge is 0.333 e. The molecule has 0 saturated carbocycles. The molecule has 2 aromatic carbocycles. The molecule has 0 aliphatic rings. The second kappa shape index (κ2) is 6.38. The van der Waals surface area contributed by atoms with Gasteiger partial charge in [-0.05, 0) is 49.7 Å². The van der Waals surface area contributed by atoms with Crippen molar-refractivity contribution in [3.63, 3.8) is 0 Å². The number of aromatic nitrogens is 4. The molecule has 0 bridgehead atoms. The van der Waals surface area contributed by atoms with Crippen LogP contribution in [0.25, 0.3) is 22.1 Å². The molecule has 0 saturated heterocycles. The van der Waals surface area contributed by atoms with Crippen LogP contribution >= 0.6 is 11.8 Å². The van der Waals surface area contributed by atoms with Crippen LogP contribution in [-0.2, 0) is 4.79 Å². The summed E-state index contributed by atoms with van der Waals surface area (Å²) in [6.07, 6.45) is 0. The average Bonchev–Trinajstić information content (AvgIpc) is 3.15. The van der Waals surface area contributed by atoms with E-state index in [0.717, 1.165) is 16.6 Å². The fourth-order valence-electron chi connectivity index (χ4n) is 2.73. The first-order valence-corrected chi connectivity index (χ1v) is 9.02. The molecule has 132 valence electrons. The number of aryl methyl sites for hydroxylation is 1. The molecule has 26 heavy (non-hydrogen) atoms. The molecule has 0 fully saturated rings. The molecule has 8 heteroatoms. The summed E-state index contributed by atoms with van der Waals surface area (Å²) in [5.41, 5.74) is 4.71. The van der Waals surface area contributed by atoms with Crippen molar-refractivity contribution in [2.45, 2.75) is 24.3 Å². The number of anilines is 1. The van der Waals surface area contributed by atoms with Gasteiger partial charge in [0.15, 0.2) is 5.16 Å². The number of rotatable bonds is 4. The van der Waals surface area contributed by atoms with Crippen molar-refractivity contribution in [2.24, 2.45) is 0 Å². The van der Waals surface area contributed by atoms with Crippen molar-refractivity contribution in [1.82, 2.24) is 19.9 Å². The highest BCUT2D eigenvalue weighted by Gasteiger charge is 2.17. The number of nitrogens with zero attached hydrogens (tertiary/aromatic N) is 1. The summed E-state index contributed by atoms with van der Waals surface area (Å²) >= 11 is 1.37. The number of hydrogen-bond acceptors (Lipinski definition) is 4. The first kappa shape index (κ1) is 16.5. The topological polar surface area (TPSA) is 106 Å². The molecule has 0 spiro atoms. The number of carbonyl (C=O) groups is 1. The van der Waals surface area contributed by atoms with E-state index in [-0.39, 0.29) is 16.8 Å². The minimum atomic E-state index is -0.336. The minimum Gasteiger partial charge on any atom is -0.333 e. The molecule has 1 amide bonds. The van der Waals surface area contributed by atoms with Gasteiger partial charge in [0, 0.05) is 5.69 Å². The Bertz CT molecular complexity index is 1170. The summed E-state index contributed by atoms with van der Waals surface area (Å²) < 4.78 is 0. The van der Waals surface area contributed by atoms with Gasteiger partial charge in [-0.3, -0.25) is 4.79 Å². The van der Waals surface area contributed by atoms with E-state index in [4.69, 9.17) is 0 Å². The number of fused-ring (bicyclic) bond motifs is 2. The smallest absolute Gasteiger partial charge is 0.323 e. The number of H-pyrrole nitrogens is 3. The predicted octanol–water partition coefficient (Wildman–Crippen LogP) is 3.16. The number of nitrogens with one attached hydrogen (secondary N) is 4. The predicted molar refractivity (Wildman–Crippen MR) is 104 cm³/mol. The van der Waals surface area contributed by atoms with Gasteiger partial charge in [-0.25, -0.2) is 9.78 Å². The van der Waals surface area contributed by atoms with Crippen molar-refractivity contribution in [3.05, 3.63) is 52.4 Å². The molecule has 4 rings (SSSR count). The second-order valence-electron chi connectivity index (χ2n) is 6.15. The molecule has 0 radical (unpaired) electrons. The number of amides is 1. The Balaban J connectivity index is 1.48. The van der Waals surface area contributed by atoms with E-state index in [2.05, 4.69) is 25.3 Å². The lowest BCUT2D eigenvalue weighted by atomic mass is 10.2. The number of imidazole rings is 2. The fourth-order valence-corrected chi connectivity index (χ4v) is 3.55. The van der Waals surface area contributed by atoms with E-state index in [9.17, 15) is 9.59 Å². The zero-order chi connectivity index (χ0) is 18.3. The van der Waals surface area contributed by atoms with Crippen LogP contribution in [0.3, 0.4) is 0 Å². The van der Waals surface area contributed by atoms with Gasteiger partial charge in [0.2, 0.25) is 5.91 Å². The maximum atomic E-state index is 12.5. The fraction of sp³-hybridized carbons (Fsp3) is 0.167. The third-order valence-electron chi connectivity index (χ3n) is 4.06. The van der Waals surface area contributed by atoms with Crippen molar-refractivity contribution >= 4 is 45.4 Å². The zero-order valence-corrected chi connectivity index (χ0v) is 15.0. The number of carbonyl (C=O) groups excluding carboxylic acids is 1. The van der Waals surface area contributed by atoms with Gasteiger partial charge in [0.25, 0.3) is 0 Å². The molecule has 4 aromatic rings. The summed E-state index contributed by atoms with van der Waals surface area (Å²) in [4.78, 5) is 36.9. The quantitative estimate of drug-likeness (QED) is 0.416. The van der Waals surface area contributed by atoms with Crippen molar-refractivity contribution in [2.75, 3.05) is 5.32 Å². The van der Waals surface area contributed by atoms with E-state index in [1.807, 2.05) is 32.0 Å². The highest BCUT2D eigenvalue weighted by atomic mass is 32.2. The third-order valence-corrected chi connectivity index (χ3v) is 5.04. The lowest BCUT2D eigenvalue weighted by molar-refractivity contribution is -0.115. The number of aromatic amines is 3. The van der Waals surface area contributed by atoms with Crippen LogP contribution < -0.4 is 11.0 Å². The summed E-state index contributed by atoms with van der Waals surface area (Å²) in [5.74, 6) is -0.135. The number of hydrogen-bond donors (Lipinski definition) is 4. The molecule has 2 heterocycles. The zero-order valence-electron chi connectivity index (χ0n) is 14.2. The molecule has 0 aliphatic heterocycles. The highest BCUT2D eigenvalue weighted by Crippen LogP contribution is 2.25. The first-order chi connectivity index (χ1) is 12.5. The van der Waals surface area contributed by atoms with Gasteiger partial charge in [-0.2, -0.15) is 0 Å². The maximum Gasteiger partial charge on any atom is 0.323 e. The monoisotopic (exact) mass is 367 g/mol. The van der Waals surface area contributed by atoms with E-state index in [1.165, 1.54) is 11.8 Å². The maximum absolute atomic E-state index is 12.5. The van der Waals surface area contributed by atoms with E-state index in [1.54, 1.807) is 18.2 Å². The van der Waals surface area contributed by atoms with E-state index in [0.29, 0.717) is 21.9 Å². The molecule has 7 nitrogen and oxygen atoms in total. The van der Waals surface area contributed by atoms with Crippen LogP contribution in [0.4, 0.5) is 5.69 Å². The Labute approximate surface area is 152 Å². The molecule has 0 aliphatic carbocycles. The van der Waals surface area contributed by atoms with E-state index < -0.39 is 0 Å². The van der Waals surface area contributed by atoms with Crippen LogP contribution in [0.15, 0.2) is 46.3 Å². The van der Waals surface area contributed by atoms with Crippen LogP contribution in [0.5, 0.6) is 0 Å². The van der Waals surface area contributed by atoms with E-state index >= 15 is 0 Å². The molecule has 2 aromatic heterocycles. The van der Waals surface area contributed by atoms with Gasteiger partial charge >= 0.3 is 5.69 Å². The van der Waals surface area contributed by atoms with Gasteiger partial charge in [0.1, 0.15) is 0 Å². The Morgan fingerprint density at radius 2 is 1.88 bits per heavy atom. The van der Waals surface area contributed by atoms with Crippen LogP contribution in [0.2, 0.25) is 0 Å². The Kier molecular flexibility index (Phi) is 4.04. The minimum absolute atomic E-state index is 0.135. The summed E-state index contributed by atoms with van der Waals surface area (Å²) in [5, 5.41) is 3.24. The summed E-state index contributed by atoms with van der Waals surface area (Å²) in [7, 11) is 0. The van der Waals surface area contributed by atoms with Gasteiger partial charge in [0.05, 0.1) is 27.3 Å². The van der Waals surface area contributed by atoms with Crippen molar-refractivity contribution in [1.29, 1.82) is 0 Å². The van der Waals surface area contributed by atoms with Gasteiger partial charge in [-0.15, -0.1) is 0 Å². The Morgan fingerprint density at radius 1 is 1.08 bits per heavy atom. The van der Waals surface area contributed by atoms with Crippen LogP contribution in [0, 0.1) is 6.92 Å². The van der Waals surface area contributed by atoms with Crippen molar-refractivity contribution in [3.8, 4) is 0 Å². The standard InChI is InChI=1S/C18H17N5O2S/c1-9-3-5-13-14(7-9)23-18(22-13)26-10(2)16(24)19-11-4-6-12-15(8-11)21-17(25)20-12/h3-8,10H,1-2H3,(H,19,24)(H,22,23)(H2,20,21,25). The van der Waals surface area contributed by atoms with Gasteiger partial charge < -0.3 is 20.3 Å². The Morgan fingerprint density at radius 3 is 2.73 bits per heavy atom. The third kappa shape index (κ3) is 3.23. The first-order valence-electron chi connectivity index (χ1n) is 8.14. The van der Waals surface area contributed by atoms with Gasteiger partial charge in [-0.1, -0.05) is 17.8 Å². The van der Waals surface area contributed by atoms with Crippen LogP contribution in [0.1, 0.15) is 12.5 Å². The summed E-state index contributed by atoms with van der Waals surface area (Å²) in [6, 6.07) is 11.2. The second-order valence-corrected chi connectivity index (χ2v) is 7.48. The van der Waals surface area contributed by atoms with Crippen molar-refractivity contribution < 1.29 is 4.79 Å². The van der Waals surface area contributed by atoms with Crippen LogP contribution in [-0.4, -0.2) is 31.1 Å². The lowest BCUT2D eigenvalue weighted by Gasteiger charge is -2.10. The summed E-state index contributed by atoms with van der Waals surface area (Å²) in [6.45, 7) is 3.85. The number of thioether (sulfide) groups is 1. The average molecular weight is 367 g/mol. The molecular weight excluding hydrogens is 350 g/mol. The molecule has 1 atom stereocenters. The highest BCUT2D eigenvalue weighted by molar-refractivity contribution is 8.00.